The molecule has 2 aromatic carbocycles. The molecule has 36 heavy (non-hydrogen) atoms. The minimum atomic E-state index is -0.366. The van der Waals surface area contributed by atoms with Crippen LogP contribution in [0.2, 0.25) is 0 Å². The van der Waals surface area contributed by atoms with Crippen LogP contribution in [0, 0.1) is 35.4 Å². The van der Waals surface area contributed by atoms with E-state index < -0.39 is 0 Å². The van der Waals surface area contributed by atoms with E-state index in [9.17, 15) is 14.9 Å². The predicted molar refractivity (Wildman–Crippen MR) is 130 cm³/mol. The van der Waals surface area contributed by atoms with Crippen molar-refractivity contribution >= 4 is 5.82 Å². The number of aliphatic hydroxyl groups is 1. The van der Waals surface area contributed by atoms with Crippen LogP contribution in [0.4, 0.5) is 10.2 Å². The Morgan fingerprint density at radius 3 is 2.31 bits per heavy atom. The highest BCUT2D eigenvalue weighted by Gasteiger charge is 2.22. The summed E-state index contributed by atoms with van der Waals surface area (Å²) in [6.07, 6.45) is 1.34. The molecule has 0 saturated heterocycles. The summed E-state index contributed by atoms with van der Waals surface area (Å²) in [5.41, 5.74) is 9.26. The van der Waals surface area contributed by atoms with Crippen LogP contribution in [0.1, 0.15) is 34.6 Å². The standard InChI is InChI=1S/C27H22FN5O3/c1-16-23(32-26(36-16)19-8-10-20(28)11-9-19)15-35-27-22(14-30)24(21(13-29)25(31)33-27)18-6-4-17(5-7-18)3-2-12-34/h4-11,34H,2-3,12,15H2,1H3,(H2,31,33). The third kappa shape index (κ3) is 5.02. The summed E-state index contributed by atoms with van der Waals surface area (Å²) < 4.78 is 24.8. The number of nitrogen functional groups attached to an aromatic ring is 1. The first-order valence-electron chi connectivity index (χ1n) is 11.1. The Balaban J connectivity index is 1.66. The molecule has 180 valence electrons. The Kier molecular flexibility index (Phi) is 7.24. The molecule has 4 rings (SSSR count). The van der Waals surface area contributed by atoms with E-state index in [4.69, 9.17) is 20.0 Å². The summed E-state index contributed by atoms with van der Waals surface area (Å²) in [5.74, 6) is 0.345. The van der Waals surface area contributed by atoms with E-state index in [1.165, 1.54) is 12.1 Å². The zero-order chi connectivity index (χ0) is 25.7. The Morgan fingerprint density at radius 2 is 1.67 bits per heavy atom. The molecule has 0 aliphatic rings. The first kappa shape index (κ1) is 24.4. The van der Waals surface area contributed by atoms with Gasteiger partial charge in [-0.25, -0.2) is 9.37 Å². The van der Waals surface area contributed by atoms with Gasteiger partial charge in [0.15, 0.2) is 0 Å². The number of anilines is 1. The van der Waals surface area contributed by atoms with Gasteiger partial charge in [0.05, 0.1) is 0 Å². The minimum absolute atomic E-state index is 0.0286. The topological polar surface area (TPSA) is 142 Å². The summed E-state index contributed by atoms with van der Waals surface area (Å²) in [6.45, 7) is 1.74. The number of oxazole rings is 1. The van der Waals surface area contributed by atoms with Gasteiger partial charge in [-0.2, -0.15) is 15.5 Å². The predicted octanol–water partition coefficient (Wildman–Crippen LogP) is 4.68. The number of nitriles is 2. The lowest BCUT2D eigenvalue weighted by Gasteiger charge is -2.14. The first-order valence-corrected chi connectivity index (χ1v) is 11.1. The van der Waals surface area contributed by atoms with Crippen LogP contribution in [-0.4, -0.2) is 21.7 Å². The van der Waals surface area contributed by atoms with Crippen LogP contribution in [0.15, 0.2) is 52.9 Å². The quantitative estimate of drug-likeness (QED) is 0.368. The van der Waals surface area contributed by atoms with Gasteiger partial charge in [0, 0.05) is 17.7 Å². The van der Waals surface area contributed by atoms with E-state index in [-0.39, 0.29) is 41.9 Å². The monoisotopic (exact) mass is 483 g/mol. The average Bonchev–Trinajstić information content (AvgIpc) is 3.26. The summed E-state index contributed by atoms with van der Waals surface area (Å²) in [4.78, 5) is 8.59. The number of aryl methyl sites for hydroxylation is 2. The molecule has 0 fully saturated rings. The Morgan fingerprint density at radius 1 is 1.00 bits per heavy atom. The fourth-order valence-corrected chi connectivity index (χ4v) is 3.73. The van der Waals surface area contributed by atoms with E-state index in [1.807, 2.05) is 18.2 Å². The lowest BCUT2D eigenvalue weighted by Crippen LogP contribution is -2.07. The van der Waals surface area contributed by atoms with Gasteiger partial charge in [0.1, 0.15) is 53.0 Å². The molecule has 0 aliphatic carbocycles. The van der Waals surface area contributed by atoms with Crippen LogP contribution in [0.25, 0.3) is 22.6 Å². The first-order chi connectivity index (χ1) is 17.4. The normalized spacial score (nSPS) is 10.6. The Hall–Kier alpha value is -4.73. The number of ether oxygens (including phenoxy) is 1. The molecule has 0 atom stereocenters. The zero-order valence-electron chi connectivity index (χ0n) is 19.5. The molecule has 0 spiro atoms. The van der Waals surface area contributed by atoms with Crippen molar-refractivity contribution in [2.45, 2.75) is 26.4 Å². The highest BCUT2D eigenvalue weighted by atomic mass is 19.1. The third-order valence-corrected chi connectivity index (χ3v) is 5.61. The number of hydrogen-bond donors (Lipinski definition) is 2. The van der Waals surface area contributed by atoms with Crippen molar-refractivity contribution in [2.75, 3.05) is 12.3 Å². The minimum Gasteiger partial charge on any atom is -0.470 e. The second-order valence-electron chi connectivity index (χ2n) is 7.99. The van der Waals surface area contributed by atoms with Crippen molar-refractivity contribution in [3.05, 3.63) is 82.5 Å². The Bertz CT molecular complexity index is 1470. The van der Waals surface area contributed by atoms with Gasteiger partial charge in [0.25, 0.3) is 0 Å². The van der Waals surface area contributed by atoms with E-state index in [0.717, 1.165) is 5.56 Å². The van der Waals surface area contributed by atoms with Crippen LogP contribution in [-0.2, 0) is 13.0 Å². The maximum Gasteiger partial charge on any atom is 0.234 e. The number of rotatable bonds is 8. The number of aliphatic hydroxyl groups excluding tert-OH is 1. The van der Waals surface area contributed by atoms with E-state index in [1.54, 1.807) is 31.2 Å². The van der Waals surface area contributed by atoms with Gasteiger partial charge >= 0.3 is 0 Å². The smallest absolute Gasteiger partial charge is 0.234 e. The maximum atomic E-state index is 13.2. The fourth-order valence-electron chi connectivity index (χ4n) is 3.73. The van der Waals surface area contributed by atoms with E-state index >= 15 is 0 Å². The molecule has 0 bridgehead atoms. The number of halogens is 1. The van der Waals surface area contributed by atoms with Crippen molar-refractivity contribution < 1.29 is 18.7 Å². The van der Waals surface area contributed by atoms with Gasteiger partial charge in [-0.3, -0.25) is 0 Å². The molecule has 0 saturated carbocycles. The molecular weight excluding hydrogens is 461 g/mol. The Labute approximate surface area is 207 Å². The number of benzene rings is 2. The van der Waals surface area contributed by atoms with E-state index in [2.05, 4.69) is 16.0 Å². The van der Waals surface area contributed by atoms with Gasteiger partial charge in [-0.15, -0.1) is 0 Å². The summed E-state index contributed by atoms with van der Waals surface area (Å²) >= 11 is 0. The van der Waals surface area contributed by atoms with Crippen LogP contribution >= 0.6 is 0 Å². The van der Waals surface area contributed by atoms with Crippen LogP contribution in [0.5, 0.6) is 5.88 Å². The molecule has 0 radical (unpaired) electrons. The SMILES string of the molecule is Cc1oc(-c2ccc(F)cc2)nc1COc1nc(N)c(C#N)c(-c2ccc(CCCO)cc2)c1C#N. The highest BCUT2D eigenvalue weighted by Crippen LogP contribution is 2.35. The number of pyridine rings is 1. The van der Waals surface area contributed by atoms with Gasteiger partial charge in [0.2, 0.25) is 11.8 Å². The van der Waals surface area contributed by atoms with Gasteiger partial charge in [-0.1, -0.05) is 24.3 Å². The fraction of sp³-hybridized carbons (Fsp3) is 0.185. The summed E-state index contributed by atoms with van der Waals surface area (Å²) in [6, 6.07) is 17.2. The summed E-state index contributed by atoms with van der Waals surface area (Å²) in [5, 5.41) is 28.7. The lowest BCUT2D eigenvalue weighted by atomic mass is 9.95. The van der Waals surface area contributed by atoms with E-state index in [0.29, 0.717) is 46.9 Å². The van der Waals surface area contributed by atoms with Crippen molar-refractivity contribution in [1.82, 2.24) is 9.97 Å². The number of hydrogen-bond acceptors (Lipinski definition) is 8. The summed E-state index contributed by atoms with van der Waals surface area (Å²) in [7, 11) is 0. The molecule has 4 aromatic rings. The molecule has 8 nitrogen and oxygen atoms in total. The molecular formula is C27H22FN5O3. The average molecular weight is 484 g/mol. The van der Waals surface area contributed by atoms with Crippen LogP contribution < -0.4 is 10.5 Å². The molecule has 2 heterocycles. The molecule has 0 amide bonds. The third-order valence-electron chi connectivity index (χ3n) is 5.61. The van der Waals surface area contributed by atoms with Crippen LogP contribution in [0.3, 0.4) is 0 Å². The highest BCUT2D eigenvalue weighted by molar-refractivity contribution is 5.82. The largest absolute Gasteiger partial charge is 0.470 e. The molecule has 3 N–H and O–H groups in total. The van der Waals surface area contributed by atoms with Crippen molar-refractivity contribution in [3.8, 4) is 40.6 Å². The van der Waals surface area contributed by atoms with Crippen molar-refractivity contribution in [3.63, 3.8) is 0 Å². The second kappa shape index (κ2) is 10.7. The number of nitrogens with two attached hydrogens (primary N) is 1. The van der Waals surface area contributed by atoms with Gasteiger partial charge in [-0.05, 0) is 55.2 Å². The maximum absolute atomic E-state index is 13.2. The van der Waals surface area contributed by atoms with Gasteiger partial charge < -0.3 is 20.0 Å². The molecule has 9 heteroatoms. The zero-order valence-corrected chi connectivity index (χ0v) is 19.5. The second-order valence-corrected chi connectivity index (χ2v) is 7.99. The van der Waals surface area contributed by atoms with Crippen molar-refractivity contribution in [1.29, 1.82) is 10.5 Å². The number of nitrogens with zero attached hydrogens (tertiary/aromatic N) is 4. The number of aromatic nitrogens is 2. The molecule has 0 unspecified atom stereocenters. The molecule has 0 aliphatic heterocycles. The van der Waals surface area contributed by atoms with Crippen molar-refractivity contribution in [2.24, 2.45) is 0 Å². The molecule has 2 aromatic heterocycles. The lowest BCUT2D eigenvalue weighted by molar-refractivity contribution is 0.287.